The summed E-state index contributed by atoms with van der Waals surface area (Å²) in [5, 5.41) is 17.3. The summed E-state index contributed by atoms with van der Waals surface area (Å²) >= 11 is 0. The molecule has 12 heavy (non-hydrogen) atoms. The lowest BCUT2D eigenvalue weighted by Crippen LogP contribution is -1.63. The van der Waals surface area contributed by atoms with Crippen LogP contribution in [0.4, 0.5) is 0 Å². The SMILES string of the molecule is CC=CC.Oc1ccccc1O. The molecule has 0 aromatic heterocycles. The molecule has 0 unspecified atom stereocenters. The molecule has 2 heteroatoms. The Balaban J connectivity index is 0.000000261. The average Bonchev–Trinajstić information content (AvgIpc) is 2.11. The second-order valence-electron chi connectivity index (χ2n) is 2.16. The van der Waals surface area contributed by atoms with Gasteiger partial charge >= 0.3 is 0 Å². The van der Waals surface area contributed by atoms with Crippen molar-refractivity contribution >= 4 is 0 Å². The fourth-order valence-electron chi connectivity index (χ4n) is 0.464. The lowest BCUT2D eigenvalue weighted by Gasteiger charge is -1.91. The van der Waals surface area contributed by atoms with Gasteiger partial charge in [0, 0.05) is 0 Å². The first-order valence-corrected chi connectivity index (χ1v) is 3.76. The average molecular weight is 166 g/mol. The molecule has 1 aromatic carbocycles. The molecule has 0 fully saturated rings. The van der Waals surface area contributed by atoms with Gasteiger partial charge in [-0.3, -0.25) is 0 Å². The summed E-state index contributed by atoms with van der Waals surface area (Å²) in [5.41, 5.74) is 0. The van der Waals surface area contributed by atoms with E-state index in [-0.39, 0.29) is 11.5 Å². The van der Waals surface area contributed by atoms with Crippen LogP contribution in [0.5, 0.6) is 11.5 Å². The fourth-order valence-corrected chi connectivity index (χ4v) is 0.464. The van der Waals surface area contributed by atoms with Gasteiger partial charge in [-0.25, -0.2) is 0 Å². The minimum atomic E-state index is -0.0764. The maximum absolute atomic E-state index is 8.67. The highest BCUT2D eigenvalue weighted by atomic mass is 16.3. The number of phenolic OH excluding ortho intramolecular Hbond substituents is 2. The number of aromatic hydroxyl groups is 2. The zero-order valence-corrected chi connectivity index (χ0v) is 7.36. The molecule has 1 aromatic rings. The number of phenols is 2. The third-order valence-corrected chi connectivity index (χ3v) is 1.22. The van der Waals surface area contributed by atoms with Crippen molar-refractivity contribution in [3.63, 3.8) is 0 Å². The Morgan fingerprint density at radius 2 is 1.25 bits per heavy atom. The first-order valence-electron chi connectivity index (χ1n) is 3.76. The van der Waals surface area contributed by atoms with Crippen molar-refractivity contribution in [1.29, 1.82) is 0 Å². The van der Waals surface area contributed by atoms with E-state index in [1.165, 1.54) is 12.1 Å². The molecule has 1 rings (SSSR count). The maximum atomic E-state index is 8.67. The minimum absolute atomic E-state index is 0.0764. The van der Waals surface area contributed by atoms with Gasteiger partial charge in [-0.1, -0.05) is 24.3 Å². The molecule has 0 saturated carbocycles. The monoisotopic (exact) mass is 166 g/mol. The predicted octanol–water partition coefficient (Wildman–Crippen LogP) is 2.68. The molecular formula is C10H14O2. The van der Waals surface area contributed by atoms with Gasteiger partial charge in [0.1, 0.15) is 0 Å². The molecule has 0 heterocycles. The summed E-state index contributed by atoms with van der Waals surface area (Å²) in [7, 11) is 0. The largest absolute Gasteiger partial charge is 0.504 e. The summed E-state index contributed by atoms with van der Waals surface area (Å²) in [6, 6.07) is 6.15. The van der Waals surface area contributed by atoms with Crippen LogP contribution in [-0.2, 0) is 0 Å². The molecule has 0 aliphatic rings. The van der Waals surface area contributed by atoms with Crippen LogP contribution in [0.15, 0.2) is 36.4 Å². The highest BCUT2D eigenvalue weighted by Crippen LogP contribution is 2.21. The van der Waals surface area contributed by atoms with Crippen LogP contribution in [0.1, 0.15) is 13.8 Å². The molecule has 0 atom stereocenters. The summed E-state index contributed by atoms with van der Waals surface area (Å²) in [6.07, 6.45) is 4.00. The van der Waals surface area contributed by atoms with Crippen LogP contribution in [0.3, 0.4) is 0 Å². The molecular weight excluding hydrogens is 152 g/mol. The van der Waals surface area contributed by atoms with Crippen LogP contribution in [0, 0.1) is 0 Å². The standard InChI is InChI=1S/C6H6O2.C4H8/c7-5-3-1-2-4-6(5)8;1-3-4-2/h1-4,7-8H;3-4H,1-2H3. The lowest BCUT2D eigenvalue weighted by molar-refractivity contribution is 0.404. The normalized spacial score (nSPS) is 9.17. The quantitative estimate of drug-likeness (QED) is 0.459. The van der Waals surface area contributed by atoms with Gasteiger partial charge in [-0.2, -0.15) is 0 Å². The zero-order valence-electron chi connectivity index (χ0n) is 7.36. The summed E-state index contributed by atoms with van der Waals surface area (Å²) in [4.78, 5) is 0. The van der Waals surface area contributed by atoms with Gasteiger partial charge in [-0.05, 0) is 26.0 Å². The van der Waals surface area contributed by atoms with E-state index in [0.717, 1.165) is 0 Å². The second kappa shape index (κ2) is 6.28. The van der Waals surface area contributed by atoms with Crippen molar-refractivity contribution in [2.45, 2.75) is 13.8 Å². The van der Waals surface area contributed by atoms with E-state index >= 15 is 0 Å². The van der Waals surface area contributed by atoms with Crippen molar-refractivity contribution in [3.8, 4) is 11.5 Å². The maximum Gasteiger partial charge on any atom is 0.157 e. The molecule has 0 spiro atoms. The van der Waals surface area contributed by atoms with Crippen molar-refractivity contribution in [2.75, 3.05) is 0 Å². The molecule has 0 bridgehead atoms. The topological polar surface area (TPSA) is 40.5 Å². The van der Waals surface area contributed by atoms with Crippen LogP contribution < -0.4 is 0 Å². The van der Waals surface area contributed by atoms with Gasteiger partial charge in [-0.15, -0.1) is 0 Å². The van der Waals surface area contributed by atoms with E-state index in [1.807, 2.05) is 26.0 Å². The lowest BCUT2D eigenvalue weighted by atomic mass is 10.3. The van der Waals surface area contributed by atoms with Gasteiger partial charge in [0.05, 0.1) is 0 Å². The third-order valence-electron chi connectivity index (χ3n) is 1.22. The number of allylic oxidation sites excluding steroid dienone is 2. The van der Waals surface area contributed by atoms with Crippen LogP contribution in [-0.4, -0.2) is 10.2 Å². The summed E-state index contributed by atoms with van der Waals surface area (Å²) < 4.78 is 0. The number of hydrogen-bond acceptors (Lipinski definition) is 2. The number of benzene rings is 1. The van der Waals surface area contributed by atoms with Crippen molar-refractivity contribution < 1.29 is 10.2 Å². The Kier molecular flexibility index (Phi) is 5.53. The summed E-state index contributed by atoms with van der Waals surface area (Å²) in [5.74, 6) is -0.153. The molecule has 0 amide bonds. The number of rotatable bonds is 0. The zero-order chi connectivity index (χ0) is 9.40. The molecule has 66 valence electrons. The molecule has 0 saturated heterocycles. The molecule has 2 N–H and O–H groups in total. The minimum Gasteiger partial charge on any atom is -0.504 e. The van der Waals surface area contributed by atoms with E-state index in [2.05, 4.69) is 0 Å². The van der Waals surface area contributed by atoms with Gasteiger partial charge in [0.15, 0.2) is 11.5 Å². The van der Waals surface area contributed by atoms with Gasteiger partial charge in [0.2, 0.25) is 0 Å². The third kappa shape index (κ3) is 4.39. The van der Waals surface area contributed by atoms with Gasteiger partial charge in [0.25, 0.3) is 0 Å². The first kappa shape index (κ1) is 10.6. The van der Waals surface area contributed by atoms with E-state index in [9.17, 15) is 0 Å². The van der Waals surface area contributed by atoms with Crippen molar-refractivity contribution in [2.24, 2.45) is 0 Å². The Morgan fingerprint density at radius 3 is 1.42 bits per heavy atom. The molecule has 2 nitrogen and oxygen atoms in total. The molecule has 0 aliphatic carbocycles. The highest BCUT2D eigenvalue weighted by Gasteiger charge is 1.90. The van der Waals surface area contributed by atoms with E-state index in [1.54, 1.807) is 12.1 Å². The Morgan fingerprint density at radius 1 is 0.917 bits per heavy atom. The van der Waals surface area contributed by atoms with Crippen molar-refractivity contribution in [3.05, 3.63) is 36.4 Å². The van der Waals surface area contributed by atoms with E-state index < -0.39 is 0 Å². The van der Waals surface area contributed by atoms with E-state index in [0.29, 0.717) is 0 Å². The number of hydrogen-bond donors (Lipinski definition) is 2. The molecule has 0 radical (unpaired) electrons. The Bertz CT molecular complexity index is 216. The smallest absolute Gasteiger partial charge is 0.157 e. The van der Waals surface area contributed by atoms with Gasteiger partial charge < -0.3 is 10.2 Å². The second-order valence-corrected chi connectivity index (χ2v) is 2.16. The predicted molar refractivity (Wildman–Crippen MR) is 50.3 cm³/mol. The first-order chi connectivity index (χ1) is 5.72. The Labute approximate surface area is 72.8 Å². The molecule has 0 aliphatic heterocycles. The highest BCUT2D eigenvalue weighted by molar-refractivity contribution is 5.36. The summed E-state index contributed by atoms with van der Waals surface area (Å²) in [6.45, 7) is 4.00. The van der Waals surface area contributed by atoms with Crippen LogP contribution >= 0.6 is 0 Å². The van der Waals surface area contributed by atoms with Crippen molar-refractivity contribution in [1.82, 2.24) is 0 Å². The fraction of sp³-hybridized carbons (Fsp3) is 0.200. The number of para-hydroxylation sites is 2. The van der Waals surface area contributed by atoms with Crippen LogP contribution in [0.25, 0.3) is 0 Å². The Hall–Kier alpha value is -1.44. The van der Waals surface area contributed by atoms with E-state index in [4.69, 9.17) is 10.2 Å². The van der Waals surface area contributed by atoms with Crippen LogP contribution in [0.2, 0.25) is 0 Å².